The number of hydrogen-bond donors (Lipinski definition) is 0. The van der Waals surface area contributed by atoms with Crippen LogP contribution in [-0.2, 0) is 10.5 Å². The molecule has 0 radical (unpaired) electrons. The maximum Gasteiger partial charge on any atom is 0.237 e. The minimum atomic E-state index is 0.473. The van der Waals surface area contributed by atoms with Crippen LogP contribution in [0, 0.1) is 6.92 Å². The highest BCUT2D eigenvalue weighted by Crippen LogP contribution is 2.31. The van der Waals surface area contributed by atoms with Gasteiger partial charge in [0.2, 0.25) is 17.7 Å². The molecule has 10 heteroatoms. The van der Waals surface area contributed by atoms with Crippen molar-refractivity contribution < 1.29 is 9.26 Å². The molecule has 1 aliphatic rings. The van der Waals surface area contributed by atoms with Crippen molar-refractivity contribution in [2.75, 3.05) is 31.2 Å². The molecule has 8 nitrogen and oxygen atoms in total. The van der Waals surface area contributed by atoms with Gasteiger partial charge in [0.1, 0.15) is 0 Å². The first kappa shape index (κ1) is 21.0. The Hall–Kier alpha value is -2.88. The molecule has 0 aliphatic carbocycles. The van der Waals surface area contributed by atoms with Crippen molar-refractivity contribution in [2.24, 2.45) is 0 Å². The molecule has 1 aliphatic heterocycles. The topological polar surface area (TPSA) is 82.1 Å². The minimum Gasteiger partial charge on any atom is -0.378 e. The van der Waals surface area contributed by atoms with Crippen LogP contribution in [0.5, 0.6) is 0 Å². The standard InChI is InChI=1S/C22H21ClN6O2S/c1-15-5-2-3-8-18(15)29-21(28-9-11-30-12-10-28)25-26-22(29)32-14-19-24-20(27-31-19)16-6-4-7-17(23)13-16/h2-8,13H,9-12,14H2,1H3. The smallest absolute Gasteiger partial charge is 0.237 e. The summed E-state index contributed by atoms with van der Waals surface area (Å²) in [7, 11) is 0. The van der Waals surface area contributed by atoms with E-state index < -0.39 is 0 Å². The number of ether oxygens (including phenoxy) is 1. The average molecular weight is 469 g/mol. The maximum atomic E-state index is 6.08. The lowest BCUT2D eigenvalue weighted by Gasteiger charge is -2.28. The number of para-hydroxylation sites is 1. The predicted octanol–water partition coefficient (Wildman–Crippen LogP) is 4.41. The largest absolute Gasteiger partial charge is 0.378 e. The van der Waals surface area contributed by atoms with Crippen LogP contribution in [-0.4, -0.2) is 51.2 Å². The number of aryl methyl sites for hydroxylation is 1. The van der Waals surface area contributed by atoms with E-state index in [1.54, 1.807) is 0 Å². The third-order valence-electron chi connectivity index (χ3n) is 5.14. The Kier molecular flexibility index (Phi) is 6.11. The van der Waals surface area contributed by atoms with Gasteiger partial charge in [-0.2, -0.15) is 4.98 Å². The van der Waals surface area contributed by atoms with Gasteiger partial charge in [-0.25, -0.2) is 0 Å². The number of thioether (sulfide) groups is 1. The van der Waals surface area contributed by atoms with Gasteiger partial charge in [-0.3, -0.25) is 4.57 Å². The molecule has 0 N–H and O–H groups in total. The van der Waals surface area contributed by atoms with E-state index in [0.717, 1.165) is 41.0 Å². The van der Waals surface area contributed by atoms with Gasteiger partial charge in [0.05, 0.1) is 24.7 Å². The molecule has 32 heavy (non-hydrogen) atoms. The van der Waals surface area contributed by atoms with Gasteiger partial charge in [0.25, 0.3) is 0 Å². The summed E-state index contributed by atoms with van der Waals surface area (Å²) in [5.41, 5.74) is 3.01. The Balaban J connectivity index is 1.42. The second-order valence-electron chi connectivity index (χ2n) is 7.31. The Labute approximate surface area is 194 Å². The van der Waals surface area contributed by atoms with Crippen molar-refractivity contribution >= 4 is 29.3 Å². The van der Waals surface area contributed by atoms with Gasteiger partial charge < -0.3 is 14.2 Å². The number of halogens is 1. The summed E-state index contributed by atoms with van der Waals surface area (Å²) in [6, 6.07) is 15.6. The molecule has 0 bridgehead atoms. The minimum absolute atomic E-state index is 0.473. The lowest BCUT2D eigenvalue weighted by atomic mass is 10.2. The molecule has 164 valence electrons. The zero-order chi connectivity index (χ0) is 21.9. The van der Waals surface area contributed by atoms with Crippen LogP contribution in [0.3, 0.4) is 0 Å². The first-order valence-electron chi connectivity index (χ1n) is 10.2. The van der Waals surface area contributed by atoms with E-state index in [1.165, 1.54) is 11.8 Å². The monoisotopic (exact) mass is 468 g/mol. The third-order valence-corrected chi connectivity index (χ3v) is 6.29. The van der Waals surface area contributed by atoms with Crippen molar-refractivity contribution in [3.63, 3.8) is 0 Å². The first-order chi connectivity index (χ1) is 15.7. The van der Waals surface area contributed by atoms with Crippen molar-refractivity contribution in [2.45, 2.75) is 17.8 Å². The zero-order valence-electron chi connectivity index (χ0n) is 17.4. The molecule has 3 heterocycles. The Bertz CT molecular complexity index is 1220. The Morgan fingerprint density at radius 2 is 1.91 bits per heavy atom. The molecule has 1 fully saturated rings. The molecular weight excluding hydrogens is 448 g/mol. The number of nitrogens with zero attached hydrogens (tertiary/aromatic N) is 6. The van der Waals surface area contributed by atoms with E-state index in [-0.39, 0.29) is 0 Å². The number of benzene rings is 2. The molecule has 0 unspecified atom stereocenters. The van der Waals surface area contributed by atoms with Crippen molar-refractivity contribution in [3.8, 4) is 17.1 Å². The van der Waals surface area contributed by atoms with Gasteiger partial charge in [0.15, 0.2) is 5.16 Å². The van der Waals surface area contributed by atoms with Crippen molar-refractivity contribution in [1.29, 1.82) is 0 Å². The SMILES string of the molecule is Cc1ccccc1-n1c(SCc2nc(-c3cccc(Cl)c3)no2)nnc1N1CCOCC1. The summed E-state index contributed by atoms with van der Waals surface area (Å²) in [4.78, 5) is 6.72. The van der Waals surface area contributed by atoms with Crippen molar-refractivity contribution in [1.82, 2.24) is 24.9 Å². The lowest BCUT2D eigenvalue weighted by Crippen LogP contribution is -2.38. The summed E-state index contributed by atoms with van der Waals surface area (Å²) in [5, 5.41) is 14.5. The fraction of sp³-hybridized carbons (Fsp3) is 0.273. The van der Waals surface area contributed by atoms with Gasteiger partial charge in [-0.05, 0) is 30.7 Å². The number of rotatable bonds is 6. The highest BCUT2D eigenvalue weighted by atomic mass is 35.5. The van der Waals surface area contributed by atoms with Crippen LogP contribution >= 0.6 is 23.4 Å². The highest BCUT2D eigenvalue weighted by molar-refractivity contribution is 7.98. The van der Waals surface area contributed by atoms with E-state index in [4.69, 9.17) is 20.9 Å². The Morgan fingerprint density at radius 1 is 1.06 bits per heavy atom. The van der Waals surface area contributed by atoms with Crippen LogP contribution in [0.1, 0.15) is 11.5 Å². The number of anilines is 1. The van der Waals surface area contributed by atoms with E-state index in [9.17, 15) is 0 Å². The summed E-state index contributed by atoms with van der Waals surface area (Å²) in [6.07, 6.45) is 0. The van der Waals surface area contributed by atoms with Crippen LogP contribution in [0.15, 0.2) is 58.2 Å². The van der Waals surface area contributed by atoms with Gasteiger partial charge >= 0.3 is 0 Å². The number of morpholine rings is 1. The maximum absolute atomic E-state index is 6.08. The number of aromatic nitrogens is 5. The molecule has 1 saturated heterocycles. The summed E-state index contributed by atoms with van der Waals surface area (Å²) < 4.78 is 13.1. The molecule has 5 rings (SSSR count). The van der Waals surface area contributed by atoms with Crippen LogP contribution in [0.2, 0.25) is 5.02 Å². The molecule has 4 aromatic rings. The Morgan fingerprint density at radius 3 is 2.72 bits per heavy atom. The summed E-state index contributed by atoms with van der Waals surface area (Å²) in [6.45, 7) is 5.00. The summed E-state index contributed by atoms with van der Waals surface area (Å²) in [5.74, 6) is 2.31. The first-order valence-corrected chi connectivity index (χ1v) is 11.6. The third kappa shape index (κ3) is 4.36. The van der Waals surface area contributed by atoms with Crippen molar-refractivity contribution in [3.05, 3.63) is 65.0 Å². The molecule has 0 amide bonds. The van der Waals surface area contributed by atoms with Gasteiger partial charge in [-0.1, -0.05) is 58.9 Å². The second-order valence-corrected chi connectivity index (χ2v) is 8.69. The molecule has 0 spiro atoms. The van der Waals surface area contributed by atoms with E-state index in [2.05, 4.69) is 48.9 Å². The summed E-state index contributed by atoms with van der Waals surface area (Å²) >= 11 is 7.59. The number of hydrogen-bond acceptors (Lipinski definition) is 8. The fourth-order valence-electron chi connectivity index (χ4n) is 3.53. The van der Waals surface area contributed by atoms with Crippen LogP contribution in [0.25, 0.3) is 17.1 Å². The van der Waals surface area contributed by atoms with E-state index >= 15 is 0 Å². The predicted molar refractivity (Wildman–Crippen MR) is 123 cm³/mol. The molecule has 0 saturated carbocycles. The molecular formula is C22H21ClN6O2S. The molecule has 2 aromatic carbocycles. The quantitative estimate of drug-likeness (QED) is 0.385. The van der Waals surface area contributed by atoms with Gasteiger partial charge in [0, 0.05) is 23.7 Å². The van der Waals surface area contributed by atoms with Crippen LogP contribution < -0.4 is 4.90 Å². The highest BCUT2D eigenvalue weighted by Gasteiger charge is 2.23. The zero-order valence-corrected chi connectivity index (χ0v) is 19.0. The van der Waals surface area contributed by atoms with E-state index in [1.807, 2.05) is 36.4 Å². The van der Waals surface area contributed by atoms with Crippen LogP contribution in [0.4, 0.5) is 5.95 Å². The molecule has 0 atom stereocenters. The normalized spacial score (nSPS) is 14.1. The second kappa shape index (κ2) is 9.32. The van der Waals surface area contributed by atoms with Gasteiger partial charge in [-0.15, -0.1) is 10.2 Å². The van der Waals surface area contributed by atoms with E-state index in [0.29, 0.717) is 35.7 Å². The fourth-order valence-corrected chi connectivity index (χ4v) is 4.50. The molecule has 2 aromatic heterocycles. The average Bonchev–Trinajstić information content (AvgIpc) is 3.46. The lowest BCUT2D eigenvalue weighted by molar-refractivity contribution is 0.122.